The molecule has 0 aromatic carbocycles. The van der Waals surface area contributed by atoms with Crippen molar-refractivity contribution in [3.05, 3.63) is 28.5 Å². The summed E-state index contributed by atoms with van der Waals surface area (Å²) in [4.78, 5) is 20.7. The second kappa shape index (κ2) is 5.36. The molecule has 2 atom stereocenters. The molecule has 1 fully saturated rings. The Morgan fingerprint density at radius 3 is 2.44 bits per heavy atom. The number of rotatable bonds is 1. The minimum absolute atomic E-state index is 0.0711. The van der Waals surface area contributed by atoms with Gasteiger partial charge in [-0.2, -0.15) is 0 Å². The summed E-state index contributed by atoms with van der Waals surface area (Å²) in [5, 5.41) is 0. The molecule has 0 radical (unpaired) electrons. The van der Waals surface area contributed by atoms with Crippen molar-refractivity contribution in [3.8, 4) is 0 Å². The first-order valence-corrected chi connectivity index (χ1v) is 6.91. The van der Waals surface area contributed by atoms with E-state index in [-0.39, 0.29) is 5.91 Å². The number of halogens is 1. The van der Waals surface area contributed by atoms with Crippen molar-refractivity contribution in [2.24, 2.45) is 0 Å². The fourth-order valence-electron chi connectivity index (χ4n) is 2.26. The summed E-state index contributed by atoms with van der Waals surface area (Å²) in [6, 6.07) is 4.39. The highest BCUT2D eigenvalue weighted by atomic mass is 79.9. The molecule has 2 unspecified atom stereocenters. The number of piperazine rings is 1. The van der Waals surface area contributed by atoms with Crippen LogP contribution in [0.5, 0.6) is 0 Å². The molecular weight excluding hydrogens is 294 g/mol. The zero-order valence-corrected chi connectivity index (χ0v) is 12.5. The van der Waals surface area contributed by atoms with Crippen LogP contribution in [0.3, 0.4) is 0 Å². The normalized spacial score (nSPS) is 25.2. The predicted molar refractivity (Wildman–Crippen MR) is 74.5 cm³/mol. The molecule has 1 aliphatic heterocycles. The highest BCUT2D eigenvalue weighted by Gasteiger charge is 2.29. The maximum absolute atomic E-state index is 12.4. The Labute approximate surface area is 116 Å². The standard InChI is InChI=1S/C13H18BrN3O/c1-9-7-17(8-10(2)16(9)3)13(18)11-4-5-12(14)15-6-11/h4-6,9-10H,7-8H2,1-3H3. The Morgan fingerprint density at radius 1 is 1.33 bits per heavy atom. The van der Waals surface area contributed by atoms with E-state index in [0.29, 0.717) is 17.6 Å². The Kier molecular flexibility index (Phi) is 4.02. The first-order valence-electron chi connectivity index (χ1n) is 6.12. The van der Waals surface area contributed by atoms with Gasteiger partial charge in [0, 0.05) is 31.4 Å². The van der Waals surface area contributed by atoms with Crippen LogP contribution in [-0.2, 0) is 0 Å². The molecule has 18 heavy (non-hydrogen) atoms. The summed E-state index contributed by atoms with van der Waals surface area (Å²) in [6.07, 6.45) is 1.63. The molecule has 4 nitrogen and oxygen atoms in total. The minimum Gasteiger partial charge on any atom is -0.335 e. The van der Waals surface area contributed by atoms with Gasteiger partial charge in [0.2, 0.25) is 0 Å². The molecule has 0 spiro atoms. The monoisotopic (exact) mass is 311 g/mol. The Bertz CT molecular complexity index is 422. The van der Waals surface area contributed by atoms with E-state index in [4.69, 9.17) is 0 Å². The van der Waals surface area contributed by atoms with Crippen molar-refractivity contribution in [3.63, 3.8) is 0 Å². The van der Waals surface area contributed by atoms with Gasteiger partial charge in [-0.25, -0.2) is 4.98 Å². The number of pyridine rings is 1. The average molecular weight is 312 g/mol. The molecule has 0 aliphatic carbocycles. The van der Waals surface area contributed by atoms with E-state index in [9.17, 15) is 4.79 Å². The van der Waals surface area contributed by atoms with Crippen LogP contribution in [0.2, 0.25) is 0 Å². The van der Waals surface area contributed by atoms with Crippen molar-refractivity contribution in [2.75, 3.05) is 20.1 Å². The lowest BCUT2D eigenvalue weighted by molar-refractivity contribution is 0.0414. The summed E-state index contributed by atoms with van der Waals surface area (Å²) in [7, 11) is 2.11. The molecule has 98 valence electrons. The van der Waals surface area contributed by atoms with Crippen LogP contribution in [0.25, 0.3) is 0 Å². The molecule has 2 rings (SSSR count). The van der Waals surface area contributed by atoms with E-state index in [2.05, 4.69) is 46.7 Å². The van der Waals surface area contributed by atoms with E-state index in [0.717, 1.165) is 17.7 Å². The second-order valence-electron chi connectivity index (χ2n) is 4.94. The van der Waals surface area contributed by atoms with Gasteiger partial charge < -0.3 is 4.90 Å². The molecule has 5 heteroatoms. The predicted octanol–water partition coefficient (Wildman–Crippen LogP) is 2.01. The topological polar surface area (TPSA) is 36.4 Å². The lowest BCUT2D eigenvalue weighted by atomic mass is 10.1. The number of aromatic nitrogens is 1. The number of amides is 1. The second-order valence-corrected chi connectivity index (χ2v) is 5.76. The van der Waals surface area contributed by atoms with Crippen LogP contribution < -0.4 is 0 Å². The Hall–Kier alpha value is -0.940. The van der Waals surface area contributed by atoms with Gasteiger partial charge in [0.15, 0.2) is 0 Å². The number of carbonyl (C=O) groups excluding carboxylic acids is 1. The summed E-state index contributed by atoms with van der Waals surface area (Å²) in [5.41, 5.74) is 0.655. The van der Waals surface area contributed by atoms with Crippen LogP contribution in [0.15, 0.2) is 22.9 Å². The van der Waals surface area contributed by atoms with Crippen LogP contribution >= 0.6 is 15.9 Å². The van der Waals surface area contributed by atoms with Gasteiger partial charge in [0.25, 0.3) is 5.91 Å². The molecular formula is C13H18BrN3O. The third-order valence-corrected chi connectivity index (χ3v) is 4.09. The van der Waals surface area contributed by atoms with Gasteiger partial charge in [0.05, 0.1) is 5.56 Å². The number of carbonyl (C=O) groups is 1. The van der Waals surface area contributed by atoms with Gasteiger partial charge in [-0.3, -0.25) is 9.69 Å². The zero-order chi connectivity index (χ0) is 13.3. The molecule has 0 N–H and O–H groups in total. The van der Waals surface area contributed by atoms with Crippen molar-refractivity contribution in [1.82, 2.24) is 14.8 Å². The van der Waals surface area contributed by atoms with Gasteiger partial charge in [-0.15, -0.1) is 0 Å². The van der Waals surface area contributed by atoms with Crippen LogP contribution in [0.4, 0.5) is 0 Å². The lowest BCUT2D eigenvalue weighted by Crippen LogP contribution is -2.56. The average Bonchev–Trinajstić information content (AvgIpc) is 2.35. The van der Waals surface area contributed by atoms with Crippen LogP contribution in [-0.4, -0.2) is 52.9 Å². The highest BCUT2D eigenvalue weighted by molar-refractivity contribution is 9.10. The van der Waals surface area contributed by atoms with Crippen LogP contribution in [0, 0.1) is 0 Å². The van der Waals surface area contributed by atoms with E-state index in [1.54, 1.807) is 12.3 Å². The molecule has 1 aliphatic rings. The highest BCUT2D eigenvalue weighted by Crippen LogP contribution is 2.16. The van der Waals surface area contributed by atoms with Gasteiger partial charge in [-0.1, -0.05) is 0 Å². The maximum atomic E-state index is 12.4. The summed E-state index contributed by atoms with van der Waals surface area (Å²) >= 11 is 3.27. The third-order valence-electron chi connectivity index (χ3n) is 3.62. The molecule has 2 heterocycles. The molecule has 0 saturated carbocycles. The summed E-state index contributed by atoms with van der Waals surface area (Å²) in [5.74, 6) is 0.0711. The number of hydrogen-bond acceptors (Lipinski definition) is 3. The molecule has 1 aromatic heterocycles. The molecule has 1 saturated heterocycles. The summed E-state index contributed by atoms with van der Waals surface area (Å²) in [6.45, 7) is 5.84. The smallest absolute Gasteiger partial charge is 0.255 e. The quantitative estimate of drug-likeness (QED) is 0.744. The number of nitrogens with zero attached hydrogens (tertiary/aromatic N) is 3. The summed E-state index contributed by atoms with van der Waals surface area (Å²) < 4.78 is 0.749. The van der Waals surface area contributed by atoms with Crippen molar-refractivity contribution in [2.45, 2.75) is 25.9 Å². The van der Waals surface area contributed by atoms with Crippen LogP contribution in [0.1, 0.15) is 24.2 Å². The molecule has 1 aromatic rings. The lowest BCUT2D eigenvalue weighted by Gasteiger charge is -2.42. The fraction of sp³-hybridized carbons (Fsp3) is 0.538. The fourth-order valence-corrected chi connectivity index (χ4v) is 2.49. The van der Waals surface area contributed by atoms with Crippen molar-refractivity contribution < 1.29 is 4.79 Å². The van der Waals surface area contributed by atoms with Gasteiger partial charge >= 0.3 is 0 Å². The Balaban J connectivity index is 2.12. The number of hydrogen-bond donors (Lipinski definition) is 0. The van der Waals surface area contributed by atoms with E-state index < -0.39 is 0 Å². The van der Waals surface area contributed by atoms with Gasteiger partial charge in [0.1, 0.15) is 4.60 Å². The van der Waals surface area contributed by atoms with E-state index in [1.165, 1.54) is 0 Å². The van der Waals surface area contributed by atoms with Gasteiger partial charge in [-0.05, 0) is 49.0 Å². The first kappa shape index (κ1) is 13.5. The molecule has 1 amide bonds. The minimum atomic E-state index is 0.0711. The molecule has 0 bridgehead atoms. The van der Waals surface area contributed by atoms with E-state index in [1.807, 2.05) is 11.0 Å². The Morgan fingerprint density at radius 2 is 1.94 bits per heavy atom. The first-order chi connectivity index (χ1) is 8.49. The zero-order valence-electron chi connectivity index (χ0n) is 10.9. The largest absolute Gasteiger partial charge is 0.335 e. The van der Waals surface area contributed by atoms with Crippen molar-refractivity contribution in [1.29, 1.82) is 0 Å². The SMILES string of the molecule is CC1CN(C(=O)c2ccc(Br)nc2)CC(C)N1C. The van der Waals surface area contributed by atoms with Crippen molar-refractivity contribution >= 4 is 21.8 Å². The maximum Gasteiger partial charge on any atom is 0.255 e. The van der Waals surface area contributed by atoms with E-state index >= 15 is 0 Å². The number of likely N-dealkylation sites (N-methyl/N-ethyl adjacent to an activating group) is 1. The third kappa shape index (κ3) is 2.72.